The normalized spacial score (nSPS) is 10.1. The van der Waals surface area contributed by atoms with Gasteiger partial charge in [-0.05, 0) is 6.07 Å². The summed E-state index contributed by atoms with van der Waals surface area (Å²) in [5, 5.41) is 10.9. The maximum Gasteiger partial charge on any atom is 0.411 e. The molecule has 1 heterocycles. The minimum absolute atomic E-state index is 0.105. The first kappa shape index (κ1) is 10.7. The zero-order valence-electron chi connectivity index (χ0n) is 8.36. The van der Waals surface area contributed by atoms with Crippen LogP contribution >= 0.6 is 0 Å². The van der Waals surface area contributed by atoms with Crippen LogP contribution in [0.25, 0.3) is 10.9 Å². The Hall–Kier alpha value is -2.77. The first-order valence-corrected chi connectivity index (χ1v) is 4.44. The number of hydrogen-bond acceptors (Lipinski definition) is 6. The van der Waals surface area contributed by atoms with E-state index >= 15 is 0 Å². The number of amides is 1. The fraction of sp³-hybridized carbons (Fsp3) is 0. The van der Waals surface area contributed by atoms with Crippen LogP contribution in [0.4, 0.5) is 10.5 Å². The van der Waals surface area contributed by atoms with Crippen LogP contribution in [-0.2, 0) is 0 Å². The van der Waals surface area contributed by atoms with Gasteiger partial charge in [0.2, 0.25) is 5.88 Å². The van der Waals surface area contributed by atoms with Crippen molar-refractivity contribution < 1.29 is 14.5 Å². The van der Waals surface area contributed by atoms with Crippen LogP contribution in [0, 0.1) is 10.1 Å². The van der Waals surface area contributed by atoms with Gasteiger partial charge in [-0.2, -0.15) is 0 Å². The lowest BCUT2D eigenvalue weighted by Crippen LogP contribution is -2.17. The van der Waals surface area contributed by atoms with Crippen molar-refractivity contribution >= 4 is 22.7 Å². The Bertz CT molecular complexity index is 613. The Morgan fingerprint density at radius 2 is 2.18 bits per heavy atom. The van der Waals surface area contributed by atoms with Crippen molar-refractivity contribution in [2.75, 3.05) is 0 Å². The van der Waals surface area contributed by atoms with Gasteiger partial charge in [0.05, 0.1) is 15.8 Å². The third-order valence-electron chi connectivity index (χ3n) is 1.99. The molecule has 2 N–H and O–H groups in total. The molecule has 2 aromatic rings. The number of rotatable bonds is 2. The molecule has 1 aromatic carbocycles. The molecule has 0 fully saturated rings. The van der Waals surface area contributed by atoms with E-state index in [4.69, 9.17) is 5.73 Å². The molecule has 0 aliphatic carbocycles. The molecule has 1 aromatic heterocycles. The van der Waals surface area contributed by atoms with Crippen LogP contribution < -0.4 is 10.5 Å². The number of carbonyl (C=O) groups excluding carboxylic acids is 1. The molecule has 86 valence electrons. The molecule has 0 bridgehead atoms. The second-order valence-electron chi connectivity index (χ2n) is 3.06. The van der Waals surface area contributed by atoms with E-state index in [2.05, 4.69) is 14.7 Å². The molecule has 17 heavy (non-hydrogen) atoms. The van der Waals surface area contributed by atoms with Gasteiger partial charge in [0, 0.05) is 12.1 Å². The minimum atomic E-state index is -1.04. The van der Waals surface area contributed by atoms with Crippen molar-refractivity contribution in [3.8, 4) is 5.88 Å². The average molecular weight is 234 g/mol. The summed E-state index contributed by atoms with van der Waals surface area (Å²) in [6, 6.07) is 3.94. The number of fused-ring (bicyclic) bond motifs is 1. The zero-order chi connectivity index (χ0) is 12.4. The molecular weight excluding hydrogens is 228 g/mol. The smallest absolute Gasteiger partial charge is 0.391 e. The number of nitrogens with two attached hydrogens (primary N) is 1. The summed E-state index contributed by atoms with van der Waals surface area (Å²) in [7, 11) is 0. The molecule has 0 saturated carbocycles. The number of primary amides is 1. The molecule has 0 radical (unpaired) electrons. The summed E-state index contributed by atoms with van der Waals surface area (Å²) in [4.78, 5) is 28.3. The van der Waals surface area contributed by atoms with Gasteiger partial charge in [0.1, 0.15) is 6.33 Å². The van der Waals surface area contributed by atoms with Gasteiger partial charge in [-0.15, -0.1) is 0 Å². The number of carbonyl (C=O) groups is 1. The topological polar surface area (TPSA) is 121 Å². The Morgan fingerprint density at radius 3 is 2.82 bits per heavy atom. The number of aromatic nitrogens is 2. The maximum atomic E-state index is 10.6. The van der Waals surface area contributed by atoms with E-state index in [-0.39, 0.29) is 17.0 Å². The average Bonchev–Trinajstić information content (AvgIpc) is 2.28. The number of hydrogen-bond donors (Lipinski definition) is 1. The SMILES string of the molecule is NC(=O)Oc1ncnc2ccc([N+](=O)[O-])cc12. The van der Waals surface area contributed by atoms with Crippen LogP contribution in [0.5, 0.6) is 5.88 Å². The number of nitrogens with zero attached hydrogens (tertiary/aromatic N) is 3. The lowest BCUT2D eigenvalue weighted by Gasteiger charge is -2.03. The second kappa shape index (κ2) is 4.00. The van der Waals surface area contributed by atoms with Crippen LogP contribution in [0.2, 0.25) is 0 Å². The van der Waals surface area contributed by atoms with Crippen molar-refractivity contribution in [3.63, 3.8) is 0 Å². The molecule has 0 unspecified atom stereocenters. The van der Waals surface area contributed by atoms with Gasteiger partial charge in [0.15, 0.2) is 0 Å². The summed E-state index contributed by atoms with van der Waals surface area (Å²) in [5.74, 6) is -0.105. The highest BCUT2D eigenvalue weighted by molar-refractivity contribution is 5.87. The highest BCUT2D eigenvalue weighted by atomic mass is 16.6. The summed E-state index contributed by atoms with van der Waals surface area (Å²) in [6.45, 7) is 0. The van der Waals surface area contributed by atoms with E-state index in [0.29, 0.717) is 5.52 Å². The lowest BCUT2D eigenvalue weighted by atomic mass is 10.2. The van der Waals surface area contributed by atoms with Gasteiger partial charge in [0.25, 0.3) is 5.69 Å². The van der Waals surface area contributed by atoms with Gasteiger partial charge in [-0.1, -0.05) is 0 Å². The van der Waals surface area contributed by atoms with Gasteiger partial charge in [-0.25, -0.2) is 14.8 Å². The molecule has 0 aliphatic heterocycles. The summed E-state index contributed by atoms with van der Waals surface area (Å²) < 4.78 is 4.63. The predicted molar refractivity (Wildman–Crippen MR) is 56.4 cm³/mol. The number of ether oxygens (including phenoxy) is 1. The van der Waals surface area contributed by atoms with E-state index in [1.165, 1.54) is 24.5 Å². The first-order chi connectivity index (χ1) is 8.08. The minimum Gasteiger partial charge on any atom is -0.391 e. The molecule has 8 nitrogen and oxygen atoms in total. The molecule has 0 atom stereocenters. The molecule has 0 saturated heterocycles. The van der Waals surface area contributed by atoms with E-state index < -0.39 is 11.0 Å². The molecule has 8 heteroatoms. The van der Waals surface area contributed by atoms with E-state index in [1.54, 1.807) is 0 Å². The number of nitro benzene ring substituents is 1. The highest BCUT2D eigenvalue weighted by Crippen LogP contribution is 2.25. The van der Waals surface area contributed by atoms with Gasteiger partial charge >= 0.3 is 6.09 Å². The van der Waals surface area contributed by atoms with Crippen LogP contribution in [0.1, 0.15) is 0 Å². The largest absolute Gasteiger partial charge is 0.411 e. The van der Waals surface area contributed by atoms with Gasteiger partial charge < -0.3 is 10.5 Å². The molecule has 2 rings (SSSR count). The molecular formula is C9H6N4O4. The summed E-state index contributed by atoms with van der Waals surface area (Å²) in [5.41, 5.74) is 5.13. The van der Waals surface area contributed by atoms with Crippen molar-refractivity contribution in [2.45, 2.75) is 0 Å². The van der Waals surface area contributed by atoms with Crippen LogP contribution in [0.15, 0.2) is 24.5 Å². The fourth-order valence-corrected chi connectivity index (χ4v) is 1.31. The van der Waals surface area contributed by atoms with E-state index in [0.717, 1.165) is 0 Å². The quantitative estimate of drug-likeness (QED) is 0.610. The van der Waals surface area contributed by atoms with Crippen molar-refractivity contribution in [3.05, 3.63) is 34.6 Å². The van der Waals surface area contributed by atoms with Crippen molar-refractivity contribution in [1.82, 2.24) is 9.97 Å². The van der Waals surface area contributed by atoms with E-state index in [1.807, 2.05) is 0 Å². The molecule has 0 spiro atoms. The Labute approximate surface area is 94.2 Å². The lowest BCUT2D eigenvalue weighted by molar-refractivity contribution is -0.384. The Kier molecular flexibility index (Phi) is 2.53. The van der Waals surface area contributed by atoms with Crippen molar-refractivity contribution in [1.29, 1.82) is 0 Å². The van der Waals surface area contributed by atoms with Crippen LogP contribution in [-0.4, -0.2) is 21.0 Å². The summed E-state index contributed by atoms with van der Waals surface area (Å²) >= 11 is 0. The first-order valence-electron chi connectivity index (χ1n) is 4.44. The van der Waals surface area contributed by atoms with Crippen LogP contribution in [0.3, 0.4) is 0 Å². The Balaban J connectivity index is 2.63. The number of nitro groups is 1. The van der Waals surface area contributed by atoms with Gasteiger partial charge in [-0.3, -0.25) is 10.1 Å². The highest BCUT2D eigenvalue weighted by Gasteiger charge is 2.12. The summed E-state index contributed by atoms with van der Waals surface area (Å²) in [6.07, 6.45) is 0.128. The van der Waals surface area contributed by atoms with Crippen molar-refractivity contribution in [2.24, 2.45) is 5.73 Å². The fourth-order valence-electron chi connectivity index (χ4n) is 1.31. The Morgan fingerprint density at radius 1 is 1.41 bits per heavy atom. The third kappa shape index (κ3) is 2.09. The monoisotopic (exact) mass is 234 g/mol. The third-order valence-corrected chi connectivity index (χ3v) is 1.99. The standard InChI is InChI=1S/C9H6N4O4/c10-9(14)17-8-6-3-5(13(15)16)1-2-7(6)11-4-12-8/h1-4H,(H2,10,14). The molecule has 0 aliphatic rings. The maximum absolute atomic E-state index is 10.6. The zero-order valence-corrected chi connectivity index (χ0v) is 8.36. The molecule has 1 amide bonds. The second-order valence-corrected chi connectivity index (χ2v) is 3.06. The predicted octanol–water partition coefficient (Wildman–Crippen LogP) is 0.996. The van der Waals surface area contributed by atoms with E-state index in [9.17, 15) is 14.9 Å². The number of benzene rings is 1. The number of non-ortho nitro benzene ring substituents is 1.